The minimum Gasteiger partial charge on any atom is -0.357 e. The summed E-state index contributed by atoms with van der Waals surface area (Å²) in [6.45, 7) is 0.708. The lowest BCUT2D eigenvalue weighted by molar-refractivity contribution is 0.112. The van der Waals surface area contributed by atoms with E-state index in [0.29, 0.717) is 16.6 Å². The van der Waals surface area contributed by atoms with Crippen LogP contribution in [0.5, 0.6) is 0 Å². The van der Waals surface area contributed by atoms with E-state index in [2.05, 4.69) is 10.3 Å². The number of thiazole rings is 1. The van der Waals surface area contributed by atoms with E-state index in [4.69, 9.17) is 11.6 Å². The molecule has 0 unspecified atom stereocenters. The van der Waals surface area contributed by atoms with E-state index >= 15 is 0 Å². The van der Waals surface area contributed by atoms with Gasteiger partial charge in [0.1, 0.15) is 4.88 Å². The van der Waals surface area contributed by atoms with Crippen molar-refractivity contribution < 1.29 is 4.79 Å². The van der Waals surface area contributed by atoms with Crippen molar-refractivity contribution in [3.63, 3.8) is 0 Å². The topological polar surface area (TPSA) is 42.0 Å². The van der Waals surface area contributed by atoms with E-state index < -0.39 is 0 Å². The Bertz CT molecular complexity index is 453. The minimum absolute atomic E-state index is 0.267. The zero-order valence-electron chi connectivity index (χ0n) is 7.57. The van der Waals surface area contributed by atoms with Gasteiger partial charge in [0, 0.05) is 4.88 Å². The van der Waals surface area contributed by atoms with Gasteiger partial charge in [-0.15, -0.1) is 11.3 Å². The number of halogens is 1. The fourth-order valence-corrected chi connectivity index (χ4v) is 2.64. The summed E-state index contributed by atoms with van der Waals surface area (Å²) in [7, 11) is 0. The summed E-state index contributed by atoms with van der Waals surface area (Å²) in [5.74, 6) is 0. The minimum atomic E-state index is 0.267. The van der Waals surface area contributed by atoms with Crippen molar-refractivity contribution in [1.82, 2.24) is 4.98 Å². The fraction of sp³-hybridized carbons (Fsp3) is 0.111. The molecular weight excluding hydrogens is 252 g/mol. The van der Waals surface area contributed by atoms with Crippen LogP contribution in [0.2, 0.25) is 5.15 Å². The maximum absolute atomic E-state index is 10.5. The molecule has 78 valence electrons. The molecular formula is C9H7ClN2OS2. The van der Waals surface area contributed by atoms with Gasteiger partial charge in [0.25, 0.3) is 0 Å². The van der Waals surface area contributed by atoms with Gasteiger partial charge in [0.05, 0.1) is 6.54 Å². The van der Waals surface area contributed by atoms with Gasteiger partial charge >= 0.3 is 0 Å². The average molecular weight is 259 g/mol. The van der Waals surface area contributed by atoms with Crippen molar-refractivity contribution in [3.05, 3.63) is 32.4 Å². The largest absolute Gasteiger partial charge is 0.357 e. The average Bonchev–Trinajstić information content (AvgIpc) is 2.83. The van der Waals surface area contributed by atoms with Crippen LogP contribution in [0.3, 0.4) is 0 Å². The van der Waals surface area contributed by atoms with Crippen LogP contribution in [0, 0.1) is 0 Å². The monoisotopic (exact) mass is 258 g/mol. The molecule has 0 radical (unpaired) electrons. The number of carbonyl (C=O) groups excluding carboxylic acids is 1. The zero-order valence-corrected chi connectivity index (χ0v) is 9.96. The van der Waals surface area contributed by atoms with Crippen molar-refractivity contribution in [3.8, 4) is 0 Å². The number of hydrogen-bond acceptors (Lipinski definition) is 5. The maximum Gasteiger partial charge on any atom is 0.185 e. The first-order chi connectivity index (χ1) is 7.29. The summed E-state index contributed by atoms with van der Waals surface area (Å²) in [5.41, 5.74) is 0. The number of rotatable bonds is 4. The van der Waals surface area contributed by atoms with Crippen molar-refractivity contribution >= 4 is 45.7 Å². The van der Waals surface area contributed by atoms with Crippen molar-refractivity contribution in [2.24, 2.45) is 0 Å². The first-order valence-corrected chi connectivity index (χ1v) is 6.25. The summed E-state index contributed by atoms with van der Waals surface area (Å²) in [5, 5.41) is 6.08. The second-order valence-electron chi connectivity index (χ2n) is 2.72. The van der Waals surface area contributed by atoms with E-state index in [1.54, 1.807) is 11.3 Å². The summed E-state index contributed by atoms with van der Waals surface area (Å²) in [4.78, 5) is 16.2. The number of hydrogen-bond donors (Lipinski definition) is 1. The van der Waals surface area contributed by atoms with E-state index in [1.165, 1.54) is 16.2 Å². The SMILES string of the molecule is O=Cc1sc(NCc2cccs2)nc1Cl. The normalized spacial score (nSPS) is 10.2. The van der Waals surface area contributed by atoms with Gasteiger partial charge in [-0.1, -0.05) is 29.0 Å². The predicted molar refractivity (Wildman–Crippen MR) is 64.2 cm³/mol. The maximum atomic E-state index is 10.5. The van der Waals surface area contributed by atoms with Crippen LogP contribution in [0.25, 0.3) is 0 Å². The number of thiophene rings is 1. The van der Waals surface area contributed by atoms with E-state index in [-0.39, 0.29) is 5.15 Å². The molecule has 15 heavy (non-hydrogen) atoms. The highest BCUT2D eigenvalue weighted by molar-refractivity contribution is 7.17. The zero-order chi connectivity index (χ0) is 10.7. The Kier molecular flexibility index (Phi) is 3.35. The Morgan fingerprint density at radius 1 is 1.60 bits per heavy atom. The second kappa shape index (κ2) is 4.74. The number of nitrogens with one attached hydrogen (secondary N) is 1. The molecule has 2 rings (SSSR count). The number of aldehydes is 1. The van der Waals surface area contributed by atoms with Crippen LogP contribution in [-0.2, 0) is 6.54 Å². The molecule has 0 aliphatic rings. The molecule has 2 aromatic heterocycles. The lowest BCUT2D eigenvalue weighted by Crippen LogP contribution is -1.95. The Balaban J connectivity index is 2.02. The van der Waals surface area contributed by atoms with Crippen LogP contribution in [-0.4, -0.2) is 11.3 Å². The smallest absolute Gasteiger partial charge is 0.185 e. The fourth-order valence-electron chi connectivity index (χ4n) is 1.04. The van der Waals surface area contributed by atoms with Crippen LogP contribution in [0.4, 0.5) is 5.13 Å². The van der Waals surface area contributed by atoms with Gasteiger partial charge in [-0.25, -0.2) is 4.98 Å². The number of nitrogens with zero attached hydrogens (tertiary/aromatic N) is 1. The van der Waals surface area contributed by atoms with Gasteiger partial charge in [0.15, 0.2) is 16.6 Å². The summed E-state index contributed by atoms with van der Waals surface area (Å²) in [6, 6.07) is 4.03. The molecule has 0 bridgehead atoms. The quantitative estimate of drug-likeness (QED) is 0.856. The number of carbonyl (C=O) groups is 1. The Labute approximate surface area is 99.7 Å². The predicted octanol–water partition coefficient (Wildman–Crippen LogP) is 3.28. The summed E-state index contributed by atoms with van der Waals surface area (Å²) < 4.78 is 0. The van der Waals surface area contributed by atoms with Gasteiger partial charge in [0.2, 0.25) is 0 Å². The number of aromatic nitrogens is 1. The number of anilines is 1. The highest BCUT2D eigenvalue weighted by Gasteiger charge is 2.07. The molecule has 0 fully saturated rings. The van der Waals surface area contributed by atoms with Gasteiger partial charge < -0.3 is 5.32 Å². The van der Waals surface area contributed by atoms with Crippen LogP contribution < -0.4 is 5.32 Å². The van der Waals surface area contributed by atoms with E-state index in [1.807, 2.05) is 17.5 Å². The van der Waals surface area contributed by atoms with Crippen molar-refractivity contribution in [2.45, 2.75) is 6.54 Å². The molecule has 3 nitrogen and oxygen atoms in total. The van der Waals surface area contributed by atoms with E-state index in [0.717, 1.165) is 6.29 Å². The highest BCUT2D eigenvalue weighted by Crippen LogP contribution is 2.25. The third-order valence-electron chi connectivity index (χ3n) is 1.71. The molecule has 0 aliphatic carbocycles. The Morgan fingerprint density at radius 3 is 3.07 bits per heavy atom. The lowest BCUT2D eigenvalue weighted by atomic mass is 10.5. The molecule has 0 spiro atoms. The summed E-state index contributed by atoms with van der Waals surface area (Å²) in [6.07, 6.45) is 0.719. The standard InChI is InChI=1S/C9H7ClN2OS2/c10-8-7(5-13)15-9(12-8)11-4-6-2-1-3-14-6/h1-3,5H,4H2,(H,11,12). The molecule has 2 aromatic rings. The van der Waals surface area contributed by atoms with Gasteiger partial charge in [-0.05, 0) is 11.4 Å². The Morgan fingerprint density at radius 2 is 2.47 bits per heavy atom. The lowest BCUT2D eigenvalue weighted by Gasteiger charge is -1.97. The molecule has 1 N–H and O–H groups in total. The Hall–Kier alpha value is -0.910. The molecule has 0 saturated heterocycles. The van der Waals surface area contributed by atoms with Gasteiger partial charge in [-0.2, -0.15) is 0 Å². The molecule has 0 saturated carbocycles. The second-order valence-corrected chi connectivity index (χ2v) is 5.15. The third kappa shape index (κ3) is 2.56. The van der Waals surface area contributed by atoms with E-state index in [9.17, 15) is 4.79 Å². The highest BCUT2D eigenvalue weighted by atomic mass is 35.5. The van der Waals surface area contributed by atoms with Crippen LogP contribution in [0.15, 0.2) is 17.5 Å². The first kappa shape index (κ1) is 10.6. The summed E-state index contributed by atoms with van der Waals surface area (Å²) >= 11 is 8.67. The molecule has 0 atom stereocenters. The molecule has 6 heteroatoms. The first-order valence-electron chi connectivity index (χ1n) is 4.17. The molecule has 0 aliphatic heterocycles. The molecule has 0 amide bonds. The van der Waals surface area contributed by atoms with Gasteiger partial charge in [-0.3, -0.25) is 4.79 Å². The third-order valence-corrected chi connectivity index (χ3v) is 3.93. The van der Waals surface area contributed by atoms with Crippen molar-refractivity contribution in [1.29, 1.82) is 0 Å². The molecule has 0 aromatic carbocycles. The van der Waals surface area contributed by atoms with Crippen molar-refractivity contribution in [2.75, 3.05) is 5.32 Å². The molecule has 2 heterocycles. The van der Waals surface area contributed by atoms with Crippen LogP contribution >= 0.6 is 34.3 Å². The van der Waals surface area contributed by atoms with Crippen LogP contribution in [0.1, 0.15) is 14.5 Å².